The molecule has 1 fully saturated rings. The van der Waals surface area contributed by atoms with E-state index in [0.29, 0.717) is 6.54 Å². The van der Waals surface area contributed by atoms with Gasteiger partial charge in [-0.1, -0.05) is 24.3 Å². The number of halogens is 1. The fourth-order valence-electron chi connectivity index (χ4n) is 2.88. The summed E-state index contributed by atoms with van der Waals surface area (Å²) in [6, 6.07) is 14.5. The van der Waals surface area contributed by atoms with Crippen molar-refractivity contribution in [3.63, 3.8) is 0 Å². The zero-order valence-electron chi connectivity index (χ0n) is 14.1. The van der Waals surface area contributed by atoms with Gasteiger partial charge in [-0.05, 0) is 43.5 Å². The predicted octanol–water partition coefficient (Wildman–Crippen LogP) is 3.93. The van der Waals surface area contributed by atoms with Gasteiger partial charge < -0.3 is 10.2 Å². The van der Waals surface area contributed by atoms with Gasteiger partial charge in [0, 0.05) is 31.4 Å². The highest BCUT2D eigenvalue weighted by Crippen LogP contribution is 2.18. The Bertz CT molecular complexity index is 651. The number of nitrogens with zero attached hydrogens (tertiary/aromatic N) is 3. The lowest BCUT2D eigenvalue weighted by Gasteiger charge is -2.20. The van der Waals surface area contributed by atoms with Gasteiger partial charge in [0.15, 0.2) is 5.96 Å². The summed E-state index contributed by atoms with van der Waals surface area (Å²) >= 11 is 0. The highest BCUT2D eigenvalue weighted by Gasteiger charge is 2.15. The number of guanidine groups is 1. The van der Waals surface area contributed by atoms with E-state index in [0.717, 1.165) is 36.9 Å². The normalized spacial score (nSPS) is 14.4. The highest BCUT2D eigenvalue weighted by atomic mass is 127. The van der Waals surface area contributed by atoms with Crippen molar-refractivity contribution in [2.75, 3.05) is 19.6 Å². The Morgan fingerprint density at radius 2 is 2.00 bits per heavy atom. The van der Waals surface area contributed by atoms with Gasteiger partial charge in [-0.3, -0.25) is 4.98 Å². The van der Waals surface area contributed by atoms with Crippen molar-refractivity contribution in [1.82, 2.24) is 15.2 Å². The number of rotatable bonds is 4. The van der Waals surface area contributed by atoms with Crippen molar-refractivity contribution < 1.29 is 0 Å². The minimum Gasteiger partial charge on any atom is -0.357 e. The molecule has 0 radical (unpaired) electrons. The molecule has 5 heteroatoms. The first kappa shape index (κ1) is 18.7. The Balaban J connectivity index is 0.00000208. The largest absolute Gasteiger partial charge is 0.357 e. The Morgan fingerprint density at radius 3 is 2.71 bits per heavy atom. The molecule has 2 aromatic rings. The van der Waals surface area contributed by atoms with Crippen molar-refractivity contribution in [3.05, 3.63) is 54.2 Å². The molecule has 1 aliphatic heterocycles. The standard InChI is InChI=1S/C19H24N4.HI/c1-2-20-19(23-12-5-6-13-23)22-15-16-8-7-9-17(14-16)18-10-3-4-11-21-18;/h3-4,7-11,14H,2,5-6,12-13,15H2,1H3,(H,20,22);1H. The summed E-state index contributed by atoms with van der Waals surface area (Å²) in [5.74, 6) is 1.04. The van der Waals surface area contributed by atoms with Crippen LogP contribution in [0.1, 0.15) is 25.3 Å². The first-order valence-electron chi connectivity index (χ1n) is 8.40. The maximum absolute atomic E-state index is 4.81. The monoisotopic (exact) mass is 436 g/mol. The van der Waals surface area contributed by atoms with Gasteiger partial charge in [-0.2, -0.15) is 0 Å². The summed E-state index contributed by atoms with van der Waals surface area (Å²) in [7, 11) is 0. The third-order valence-electron chi connectivity index (χ3n) is 4.04. The van der Waals surface area contributed by atoms with Gasteiger partial charge in [0.2, 0.25) is 0 Å². The van der Waals surface area contributed by atoms with Crippen LogP contribution in [0.3, 0.4) is 0 Å². The average molecular weight is 436 g/mol. The lowest BCUT2D eigenvalue weighted by Crippen LogP contribution is -2.39. The molecule has 0 amide bonds. The summed E-state index contributed by atoms with van der Waals surface area (Å²) in [6.07, 6.45) is 4.36. The van der Waals surface area contributed by atoms with Crippen LogP contribution in [-0.2, 0) is 6.54 Å². The first-order chi connectivity index (χ1) is 11.4. The SMILES string of the molecule is CCNC(=NCc1cccc(-c2ccccn2)c1)N1CCCC1.I. The fourth-order valence-corrected chi connectivity index (χ4v) is 2.88. The minimum atomic E-state index is 0. The first-order valence-corrected chi connectivity index (χ1v) is 8.40. The molecule has 0 spiro atoms. The van der Waals surface area contributed by atoms with Crippen LogP contribution in [0, 0.1) is 0 Å². The Kier molecular flexibility index (Phi) is 7.49. The van der Waals surface area contributed by atoms with E-state index in [4.69, 9.17) is 4.99 Å². The van der Waals surface area contributed by atoms with E-state index in [1.54, 1.807) is 0 Å². The molecule has 128 valence electrons. The van der Waals surface area contributed by atoms with Crippen LogP contribution >= 0.6 is 24.0 Å². The number of aliphatic imine (C=N–C) groups is 1. The number of pyridine rings is 1. The van der Waals surface area contributed by atoms with Gasteiger partial charge in [0.05, 0.1) is 12.2 Å². The molecule has 1 aromatic carbocycles. The van der Waals surface area contributed by atoms with Gasteiger partial charge in [0.25, 0.3) is 0 Å². The lowest BCUT2D eigenvalue weighted by atomic mass is 10.1. The summed E-state index contributed by atoms with van der Waals surface area (Å²) in [4.78, 5) is 11.6. The van der Waals surface area contributed by atoms with Crippen LogP contribution in [0.15, 0.2) is 53.7 Å². The van der Waals surface area contributed by atoms with Gasteiger partial charge in [-0.15, -0.1) is 24.0 Å². The number of hydrogen-bond acceptors (Lipinski definition) is 2. The Morgan fingerprint density at radius 1 is 1.17 bits per heavy atom. The van der Waals surface area contributed by atoms with E-state index >= 15 is 0 Å². The van der Waals surface area contributed by atoms with Crippen molar-refractivity contribution in [2.24, 2.45) is 4.99 Å². The second kappa shape index (κ2) is 9.61. The molecule has 1 saturated heterocycles. The summed E-state index contributed by atoms with van der Waals surface area (Å²) in [5.41, 5.74) is 3.36. The van der Waals surface area contributed by atoms with E-state index in [-0.39, 0.29) is 24.0 Å². The number of hydrogen-bond donors (Lipinski definition) is 1. The van der Waals surface area contributed by atoms with Gasteiger partial charge >= 0.3 is 0 Å². The second-order valence-electron chi connectivity index (χ2n) is 5.78. The van der Waals surface area contributed by atoms with Crippen molar-refractivity contribution in [2.45, 2.75) is 26.3 Å². The van der Waals surface area contributed by atoms with Gasteiger partial charge in [0.1, 0.15) is 0 Å². The zero-order chi connectivity index (χ0) is 15.9. The van der Waals surface area contributed by atoms with E-state index in [1.165, 1.54) is 18.4 Å². The molecule has 2 heterocycles. The molecular weight excluding hydrogens is 411 g/mol. The smallest absolute Gasteiger partial charge is 0.194 e. The number of likely N-dealkylation sites (tertiary alicyclic amines) is 1. The van der Waals surface area contributed by atoms with E-state index in [1.807, 2.05) is 24.4 Å². The Hall–Kier alpha value is -1.63. The van der Waals surface area contributed by atoms with Gasteiger partial charge in [-0.25, -0.2) is 4.99 Å². The van der Waals surface area contributed by atoms with Crippen LogP contribution in [0.4, 0.5) is 0 Å². The summed E-state index contributed by atoms with van der Waals surface area (Å²) in [6.45, 7) is 5.94. The number of benzene rings is 1. The van der Waals surface area contributed by atoms with Crippen molar-refractivity contribution in [1.29, 1.82) is 0 Å². The second-order valence-corrected chi connectivity index (χ2v) is 5.78. The van der Waals surface area contributed by atoms with Crippen molar-refractivity contribution in [3.8, 4) is 11.3 Å². The fraction of sp³-hybridized carbons (Fsp3) is 0.368. The molecule has 1 aliphatic rings. The maximum Gasteiger partial charge on any atom is 0.194 e. The van der Waals surface area contributed by atoms with Crippen molar-refractivity contribution >= 4 is 29.9 Å². The number of nitrogens with one attached hydrogen (secondary N) is 1. The Labute approximate surface area is 161 Å². The predicted molar refractivity (Wildman–Crippen MR) is 111 cm³/mol. The molecule has 24 heavy (non-hydrogen) atoms. The molecule has 0 saturated carbocycles. The maximum atomic E-state index is 4.81. The molecule has 1 N–H and O–H groups in total. The molecule has 0 aliphatic carbocycles. The van der Waals surface area contributed by atoms with Crippen LogP contribution < -0.4 is 5.32 Å². The topological polar surface area (TPSA) is 40.5 Å². The number of aromatic nitrogens is 1. The van der Waals surface area contributed by atoms with Crippen LogP contribution in [0.5, 0.6) is 0 Å². The summed E-state index contributed by atoms with van der Waals surface area (Å²) in [5, 5.41) is 3.40. The lowest BCUT2D eigenvalue weighted by molar-refractivity contribution is 0.493. The van der Waals surface area contributed by atoms with E-state index in [2.05, 4.69) is 46.4 Å². The minimum absolute atomic E-state index is 0. The molecule has 0 atom stereocenters. The third kappa shape index (κ3) is 4.93. The van der Waals surface area contributed by atoms with Crippen LogP contribution in [0.25, 0.3) is 11.3 Å². The molecule has 3 rings (SSSR count). The molecule has 0 unspecified atom stereocenters. The molecular formula is C19H25IN4. The van der Waals surface area contributed by atoms with E-state index in [9.17, 15) is 0 Å². The molecule has 1 aromatic heterocycles. The third-order valence-corrected chi connectivity index (χ3v) is 4.04. The molecule has 4 nitrogen and oxygen atoms in total. The summed E-state index contributed by atoms with van der Waals surface area (Å²) < 4.78 is 0. The van der Waals surface area contributed by atoms with E-state index < -0.39 is 0 Å². The van der Waals surface area contributed by atoms with Crippen LogP contribution in [0.2, 0.25) is 0 Å². The highest BCUT2D eigenvalue weighted by molar-refractivity contribution is 14.0. The quantitative estimate of drug-likeness (QED) is 0.449. The zero-order valence-corrected chi connectivity index (χ0v) is 16.4. The van der Waals surface area contributed by atoms with Crippen LogP contribution in [-0.4, -0.2) is 35.5 Å². The average Bonchev–Trinajstić information content (AvgIpc) is 3.14. The molecule has 0 bridgehead atoms.